The topological polar surface area (TPSA) is 89.8 Å². The average molecular weight is 479 g/mol. The van der Waals surface area contributed by atoms with E-state index >= 15 is 0 Å². The molecular weight excluding hydrogens is 444 g/mol. The van der Waals surface area contributed by atoms with Crippen LogP contribution >= 0.6 is 0 Å². The van der Waals surface area contributed by atoms with Gasteiger partial charge in [0.2, 0.25) is 0 Å². The van der Waals surface area contributed by atoms with Crippen molar-refractivity contribution < 1.29 is 23.5 Å². The summed E-state index contributed by atoms with van der Waals surface area (Å²) in [6.45, 7) is 7.79. The first kappa shape index (κ1) is 24.6. The van der Waals surface area contributed by atoms with Crippen molar-refractivity contribution in [2.24, 2.45) is 0 Å². The van der Waals surface area contributed by atoms with E-state index in [1.165, 1.54) is 0 Å². The Morgan fingerprint density at radius 3 is 2.29 bits per heavy atom. The summed E-state index contributed by atoms with van der Waals surface area (Å²) in [5.74, 6) is 1.12. The Labute approximate surface area is 206 Å². The van der Waals surface area contributed by atoms with Gasteiger partial charge in [0.05, 0.1) is 5.56 Å². The van der Waals surface area contributed by atoms with Gasteiger partial charge in [-0.1, -0.05) is 30.3 Å². The van der Waals surface area contributed by atoms with Gasteiger partial charge in [-0.15, -0.1) is 0 Å². The lowest BCUT2D eigenvalue weighted by Crippen LogP contribution is -2.45. The number of ether oxygens (including phenoxy) is 2. The minimum absolute atomic E-state index is 0.0426. The first-order chi connectivity index (χ1) is 16.7. The molecule has 0 unspecified atom stereocenters. The molecule has 7 nitrogen and oxygen atoms in total. The predicted octanol–water partition coefficient (Wildman–Crippen LogP) is 5.89. The fourth-order valence-electron chi connectivity index (χ4n) is 4.43. The molecule has 0 spiro atoms. The summed E-state index contributed by atoms with van der Waals surface area (Å²) in [5.41, 5.74) is 1.75. The lowest BCUT2D eigenvalue weighted by molar-refractivity contribution is 0.0488. The van der Waals surface area contributed by atoms with Crippen molar-refractivity contribution in [1.82, 2.24) is 10.6 Å². The van der Waals surface area contributed by atoms with Gasteiger partial charge in [0.25, 0.3) is 5.91 Å². The number of aryl methyl sites for hydroxylation is 1. The molecule has 2 aromatic carbocycles. The minimum Gasteiger partial charge on any atom is -0.489 e. The minimum atomic E-state index is -0.521. The maximum absolute atomic E-state index is 13.2. The van der Waals surface area contributed by atoms with Crippen molar-refractivity contribution in [3.8, 4) is 5.75 Å². The average Bonchev–Trinajstić information content (AvgIpc) is 3.13. The molecule has 0 saturated heterocycles. The molecule has 0 aliphatic heterocycles. The number of furan rings is 1. The largest absolute Gasteiger partial charge is 0.489 e. The van der Waals surface area contributed by atoms with E-state index < -0.39 is 11.7 Å². The SMILES string of the molecule is Cc1oc2ccc(OCc3ccccc3)cc2c1C(=O)NC1CCC(NC(=O)OC(C)(C)C)CC1. The molecule has 7 heteroatoms. The number of hydrogen-bond donors (Lipinski definition) is 2. The van der Waals surface area contributed by atoms with Gasteiger partial charge in [-0.3, -0.25) is 4.79 Å². The zero-order chi connectivity index (χ0) is 25.0. The quantitative estimate of drug-likeness (QED) is 0.461. The summed E-state index contributed by atoms with van der Waals surface area (Å²) in [5, 5.41) is 6.84. The van der Waals surface area contributed by atoms with Gasteiger partial charge in [-0.25, -0.2) is 4.79 Å². The van der Waals surface area contributed by atoms with Crippen molar-refractivity contribution >= 4 is 23.0 Å². The van der Waals surface area contributed by atoms with E-state index in [1.54, 1.807) is 6.92 Å². The van der Waals surface area contributed by atoms with Crippen LogP contribution in [0, 0.1) is 6.92 Å². The van der Waals surface area contributed by atoms with Crippen LogP contribution in [0.25, 0.3) is 11.0 Å². The maximum atomic E-state index is 13.2. The number of hydrogen-bond acceptors (Lipinski definition) is 5. The van der Waals surface area contributed by atoms with Crippen LogP contribution in [0.1, 0.15) is 68.1 Å². The Hall–Kier alpha value is -3.48. The number of carbonyl (C=O) groups excluding carboxylic acids is 2. The number of alkyl carbamates (subject to hydrolysis) is 1. The molecule has 2 amide bonds. The summed E-state index contributed by atoms with van der Waals surface area (Å²) in [7, 11) is 0. The van der Waals surface area contributed by atoms with Crippen LogP contribution in [0.2, 0.25) is 0 Å². The van der Waals surface area contributed by atoms with Crippen LogP contribution in [0.5, 0.6) is 5.75 Å². The molecule has 1 aromatic heterocycles. The lowest BCUT2D eigenvalue weighted by atomic mass is 9.91. The van der Waals surface area contributed by atoms with Crippen molar-refractivity contribution in [3.63, 3.8) is 0 Å². The molecule has 1 heterocycles. The highest BCUT2D eigenvalue weighted by Gasteiger charge is 2.27. The van der Waals surface area contributed by atoms with Crippen LogP contribution in [-0.2, 0) is 11.3 Å². The molecular formula is C28H34N2O5. The Kier molecular flexibility index (Phi) is 7.34. The second kappa shape index (κ2) is 10.4. The Balaban J connectivity index is 1.36. The van der Waals surface area contributed by atoms with E-state index in [0.29, 0.717) is 29.3 Å². The Morgan fingerprint density at radius 1 is 0.971 bits per heavy atom. The van der Waals surface area contributed by atoms with E-state index in [0.717, 1.165) is 36.6 Å². The molecule has 1 aliphatic carbocycles. The number of rotatable bonds is 6. The second-order valence-corrected chi connectivity index (χ2v) is 10.1. The first-order valence-electron chi connectivity index (χ1n) is 12.2. The Bertz CT molecular complexity index is 1170. The van der Waals surface area contributed by atoms with Gasteiger partial charge in [-0.2, -0.15) is 0 Å². The summed E-state index contributed by atoms with van der Waals surface area (Å²) < 4.78 is 17.1. The molecule has 1 aliphatic rings. The van der Waals surface area contributed by atoms with Gasteiger partial charge < -0.3 is 24.5 Å². The highest BCUT2D eigenvalue weighted by Crippen LogP contribution is 2.30. The molecule has 186 valence electrons. The number of carbonyl (C=O) groups is 2. The molecule has 0 bridgehead atoms. The number of amides is 2. The van der Waals surface area contributed by atoms with Crippen molar-refractivity contribution in [2.45, 2.75) is 77.7 Å². The third-order valence-corrected chi connectivity index (χ3v) is 6.09. The highest BCUT2D eigenvalue weighted by molar-refractivity contribution is 6.07. The maximum Gasteiger partial charge on any atom is 0.407 e. The first-order valence-corrected chi connectivity index (χ1v) is 12.2. The van der Waals surface area contributed by atoms with E-state index in [9.17, 15) is 9.59 Å². The standard InChI is InChI=1S/C28H34N2O5/c1-18-25(23-16-22(14-15-24(23)34-18)33-17-19-8-6-5-7-9-19)26(31)29-20-10-12-21(13-11-20)30-27(32)35-28(2,3)4/h5-9,14-16,20-21H,10-13,17H2,1-4H3,(H,29,31)(H,30,32). The van der Waals surface area contributed by atoms with E-state index in [-0.39, 0.29) is 18.0 Å². The smallest absolute Gasteiger partial charge is 0.407 e. The van der Waals surface area contributed by atoms with Gasteiger partial charge in [0, 0.05) is 17.5 Å². The molecule has 1 fully saturated rings. The van der Waals surface area contributed by atoms with Gasteiger partial charge in [-0.05, 0) is 77.1 Å². The van der Waals surface area contributed by atoms with E-state index in [1.807, 2.05) is 69.3 Å². The fourth-order valence-corrected chi connectivity index (χ4v) is 4.43. The fraction of sp³-hybridized carbons (Fsp3) is 0.429. The molecule has 0 radical (unpaired) electrons. The zero-order valence-corrected chi connectivity index (χ0v) is 20.9. The van der Waals surface area contributed by atoms with E-state index in [2.05, 4.69) is 10.6 Å². The summed E-state index contributed by atoms with van der Waals surface area (Å²) >= 11 is 0. The summed E-state index contributed by atoms with van der Waals surface area (Å²) in [6, 6.07) is 15.6. The summed E-state index contributed by atoms with van der Waals surface area (Å²) in [4.78, 5) is 25.2. The van der Waals surface area contributed by atoms with Crippen LogP contribution in [0.15, 0.2) is 52.9 Å². The molecule has 0 atom stereocenters. The number of benzene rings is 2. The number of nitrogens with one attached hydrogen (secondary N) is 2. The van der Waals surface area contributed by atoms with E-state index in [4.69, 9.17) is 13.9 Å². The van der Waals surface area contributed by atoms with Crippen molar-refractivity contribution in [2.75, 3.05) is 0 Å². The summed E-state index contributed by atoms with van der Waals surface area (Å²) in [6.07, 6.45) is 2.74. The predicted molar refractivity (Wildman–Crippen MR) is 135 cm³/mol. The lowest BCUT2D eigenvalue weighted by Gasteiger charge is -2.30. The third kappa shape index (κ3) is 6.56. The zero-order valence-electron chi connectivity index (χ0n) is 20.9. The second-order valence-electron chi connectivity index (χ2n) is 10.1. The van der Waals surface area contributed by atoms with Crippen LogP contribution < -0.4 is 15.4 Å². The molecule has 35 heavy (non-hydrogen) atoms. The molecule has 3 aromatic rings. The third-order valence-electron chi connectivity index (χ3n) is 6.09. The molecule has 4 rings (SSSR count). The molecule has 2 N–H and O–H groups in total. The Morgan fingerprint density at radius 2 is 1.63 bits per heavy atom. The van der Waals surface area contributed by atoms with Crippen molar-refractivity contribution in [1.29, 1.82) is 0 Å². The normalized spacial score (nSPS) is 18.2. The molecule has 1 saturated carbocycles. The van der Waals surface area contributed by atoms with Crippen molar-refractivity contribution in [3.05, 3.63) is 65.4 Å². The number of fused-ring (bicyclic) bond motifs is 1. The highest BCUT2D eigenvalue weighted by atomic mass is 16.6. The monoisotopic (exact) mass is 478 g/mol. The van der Waals surface area contributed by atoms with Crippen LogP contribution in [-0.4, -0.2) is 29.7 Å². The van der Waals surface area contributed by atoms with Crippen LogP contribution in [0.3, 0.4) is 0 Å². The van der Waals surface area contributed by atoms with Gasteiger partial charge in [0.1, 0.15) is 29.3 Å². The van der Waals surface area contributed by atoms with Crippen LogP contribution in [0.4, 0.5) is 4.79 Å². The van der Waals surface area contributed by atoms with Gasteiger partial charge in [0.15, 0.2) is 0 Å². The van der Waals surface area contributed by atoms with Gasteiger partial charge >= 0.3 is 6.09 Å².